The highest BCUT2D eigenvalue weighted by atomic mass is 127. The molecular formula is C14H11FINO2. The second kappa shape index (κ2) is 6.01. The number of anilines is 1. The molecule has 0 atom stereocenters. The minimum atomic E-state index is -0.946. The lowest BCUT2D eigenvalue weighted by atomic mass is 10.1. The highest BCUT2D eigenvalue weighted by Gasteiger charge is 2.04. The minimum absolute atomic E-state index is 0.258. The van der Waals surface area contributed by atoms with Crippen LogP contribution >= 0.6 is 22.6 Å². The molecule has 3 nitrogen and oxygen atoms in total. The average Bonchev–Trinajstić information content (AvgIpc) is 2.38. The summed E-state index contributed by atoms with van der Waals surface area (Å²) in [5, 5.41) is 12.1. The summed E-state index contributed by atoms with van der Waals surface area (Å²) in [7, 11) is 0. The zero-order chi connectivity index (χ0) is 13.8. The summed E-state index contributed by atoms with van der Waals surface area (Å²) in [5.74, 6) is -1.22. The molecule has 5 heteroatoms. The molecule has 2 rings (SSSR count). The Morgan fingerprint density at radius 2 is 2.05 bits per heavy atom. The molecule has 0 saturated heterocycles. The number of aromatic carboxylic acids is 1. The summed E-state index contributed by atoms with van der Waals surface area (Å²) in [4.78, 5) is 10.9. The van der Waals surface area contributed by atoms with Gasteiger partial charge in [-0.3, -0.25) is 0 Å². The second-order valence-corrected chi connectivity index (χ2v) is 5.15. The Bertz CT molecular complexity index is 616. The fourth-order valence-electron chi connectivity index (χ4n) is 1.64. The fraction of sp³-hybridized carbons (Fsp3) is 0.0714. The number of nitrogens with one attached hydrogen (secondary N) is 1. The van der Waals surface area contributed by atoms with E-state index >= 15 is 0 Å². The smallest absolute Gasteiger partial charge is 0.335 e. The van der Waals surface area contributed by atoms with Crippen LogP contribution in [0.5, 0.6) is 0 Å². The zero-order valence-electron chi connectivity index (χ0n) is 9.86. The van der Waals surface area contributed by atoms with E-state index in [1.165, 1.54) is 12.1 Å². The molecule has 0 aromatic heterocycles. The molecule has 98 valence electrons. The highest BCUT2D eigenvalue weighted by Crippen LogP contribution is 2.20. The van der Waals surface area contributed by atoms with Crippen molar-refractivity contribution in [1.82, 2.24) is 0 Å². The van der Waals surface area contributed by atoms with Crippen molar-refractivity contribution in [3.05, 3.63) is 63.0 Å². The van der Waals surface area contributed by atoms with Gasteiger partial charge in [-0.2, -0.15) is 0 Å². The van der Waals surface area contributed by atoms with Crippen molar-refractivity contribution in [3.63, 3.8) is 0 Å². The maximum atomic E-state index is 13.0. The lowest BCUT2D eigenvalue weighted by Gasteiger charge is -2.09. The number of halogens is 2. The molecule has 0 fully saturated rings. The van der Waals surface area contributed by atoms with Gasteiger partial charge >= 0.3 is 5.97 Å². The molecule has 19 heavy (non-hydrogen) atoms. The number of carbonyl (C=O) groups is 1. The van der Waals surface area contributed by atoms with E-state index in [9.17, 15) is 9.18 Å². The van der Waals surface area contributed by atoms with Crippen molar-refractivity contribution in [2.45, 2.75) is 6.54 Å². The summed E-state index contributed by atoms with van der Waals surface area (Å²) >= 11 is 2.05. The molecular weight excluding hydrogens is 360 g/mol. The lowest BCUT2D eigenvalue weighted by Crippen LogP contribution is -2.03. The quantitative estimate of drug-likeness (QED) is 0.806. The Balaban J connectivity index is 2.10. The van der Waals surface area contributed by atoms with Crippen molar-refractivity contribution in [2.24, 2.45) is 0 Å². The third-order valence-corrected chi connectivity index (χ3v) is 3.48. The molecule has 0 saturated carbocycles. The Morgan fingerprint density at radius 3 is 2.74 bits per heavy atom. The molecule has 0 radical (unpaired) electrons. The molecule has 0 bridgehead atoms. The van der Waals surface area contributed by atoms with Crippen LogP contribution in [-0.4, -0.2) is 11.1 Å². The normalized spacial score (nSPS) is 10.2. The van der Waals surface area contributed by atoms with Gasteiger partial charge in [-0.15, -0.1) is 0 Å². The van der Waals surface area contributed by atoms with Gasteiger partial charge in [-0.05, 0) is 58.5 Å². The largest absolute Gasteiger partial charge is 0.478 e. The van der Waals surface area contributed by atoms with Gasteiger partial charge in [0.05, 0.1) is 5.56 Å². The summed E-state index contributed by atoms with van der Waals surface area (Å²) < 4.78 is 13.7. The summed E-state index contributed by atoms with van der Waals surface area (Å²) in [6, 6.07) is 11.2. The first-order chi connectivity index (χ1) is 9.06. The van der Waals surface area contributed by atoms with Crippen LogP contribution in [-0.2, 0) is 6.54 Å². The highest BCUT2D eigenvalue weighted by molar-refractivity contribution is 14.1. The molecule has 0 aliphatic heterocycles. The van der Waals surface area contributed by atoms with Crippen molar-refractivity contribution in [2.75, 3.05) is 5.32 Å². The number of hydrogen-bond donors (Lipinski definition) is 2. The van der Waals surface area contributed by atoms with Crippen molar-refractivity contribution in [1.29, 1.82) is 0 Å². The molecule has 0 spiro atoms. The number of carboxylic acid groups (broad SMARTS) is 1. The first-order valence-corrected chi connectivity index (χ1v) is 6.65. The minimum Gasteiger partial charge on any atom is -0.478 e. The summed E-state index contributed by atoms with van der Waals surface area (Å²) in [6.45, 7) is 0.489. The third kappa shape index (κ3) is 3.66. The number of rotatable bonds is 4. The third-order valence-electron chi connectivity index (χ3n) is 2.59. The van der Waals surface area contributed by atoms with Crippen molar-refractivity contribution in [3.8, 4) is 0 Å². The first-order valence-electron chi connectivity index (χ1n) is 5.57. The summed E-state index contributed by atoms with van der Waals surface area (Å²) in [6.07, 6.45) is 0. The summed E-state index contributed by atoms with van der Waals surface area (Å²) in [5.41, 5.74) is 1.94. The topological polar surface area (TPSA) is 49.3 Å². The van der Waals surface area contributed by atoms with Gasteiger partial charge in [0.15, 0.2) is 0 Å². The zero-order valence-corrected chi connectivity index (χ0v) is 12.0. The van der Waals surface area contributed by atoms with E-state index in [-0.39, 0.29) is 11.4 Å². The van der Waals surface area contributed by atoms with Gasteiger partial charge in [0.25, 0.3) is 0 Å². The predicted octanol–water partition coefficient (Wildman–Crippen LogP) is 3.74. The molecule has 0 aliphatic rings. The average molecular weight is 371 g/mol. The van der Waals surface area contributed by atoms with E-state index in [1.54, 1.807) is 24.3 Å². The maximum absolute atomic E-state index is 13.0. The van der Waals surface area contributed by atoms with Crippen LogP contribution in [0.2, 0.25) is 0 Å². The molecule has 2 N–H and O–H groups in total. The van der Waals surface area contributed by atoms with Crippen LogP contribution in [0, 0.1) is 9.39 Å². The Labute approximate surface area is 123 Å². The lowest BCUT2D eigenvalue weighted by molar-refractivity contribution is 0.0697. The number of carboxylic acids is 1. The SMILES string of the molecule is O=C(O)c1cccc(CNc2ccc(F)cc2I)c1. The van der Waals surface area contributed by atoms with E-state index in [4.69, 9.17) is 5.11 Å². The standard InChI is InChI=1S/C14H11FINO2/c15-11-4-5-13(12(16)7-11)17-8-9-2-1-3-10(6-9)14(18)19/h1-7,17H,8H2,(H,18,19). The molecule has 0 aliphatic carbocycles. The van der Waals surface area contributed by atoms with E-state index in [0.29, 0.717) is 6.54 Å². The van der Waals surface area contributed by atoms with Gasteiger partial charge in [0, 0.05) is 15.8 Å². The van der Waals surface area contributed by atoms with Crippen molar-refractivity contribution < 1.29 is 14.3 Å². The monoisotopic (exact) mass is 371 g/mol. The van der Waals surface area contributed by atoms with Gasteiger partial charge in [-0.25, -0.2) is 9.18 Å². The van der Waals surface area contributed by atoms with E-state index in [0.717, 1.165) is 14.8 Å². The van der Waals surface area contributed by atoms with E-state index in [1.807, 2.05) is 28.7 Å². The van der Waals surface area contributed by atoms with Crippen LogP contribution < -0.4 is 5.32 Å². The Morgan fingerprint density at radius 1 is 1.26 bits per heavy atom. The Kier molecular flexibility index (Phi) is 4.36. The maximum Gasteiger partial charge on any atom is 0.335 e. The van der Waals surface area contributed by atoms with Gasteiger partial charge in [0.1, 0.15) is 5.82 Å². The number of benzene rings is 2. The molecule has 0 unspecified atom stereocenters. The van der Waals surface area contributed by atoms with E-state index < -0.39 is 5.97 Å². The molecule has 0 heterocycles. The van der Waals surface area contributed by atoms with Gasteiger partial charge in [0.2, 0.25) is 0 Å². The molecule has 2 aromatic carbocycles. The molecule has 2 aromatic rings. The van der Waals surface area contributed by atoms with Gasteiger partial charge < -0.3 is 10.4 Å². The first kappa shape index (κ1) is 13.8. The fourth-order valence-corrected chi connectivity index (χ4v) is 2.31. The van der Waals surface area contributed by atoms with Crippen LogP contribution in [0.15, 0.2) is 42.5 Å². The van der Waals surface area contributed by atoms with Crippen LogP contribution in [0.1, 0.15) is 15.9 Å². The second-order valence-electron chi connectivity index (χ2n) is 3.98. The molecule has 0 amide bonds. The van der Waals surface area contributed by atoms with Crippen molar-refractivity contribution >= 4 is 34.2 Å². The van der Waals surface area contributed by atoms with Crippen LogP contribution in [0.3, 0.4) is 0 Å². The number of hydrogen-bond acceptors (Lipinski definition) is 2. The van der Waals surface area contributed by atoms with Gasteiger partial charge in [-0.1, -0.05) is 12.1 Å². The van der Waals surface area contributed by atoms with E-state index in [2.05, 4.69) is 5.32 Å². The Hall–Kier alpha value is -1.63. The van der Waals surface area contributed by atoms with Crippen LogP contribution in [0.4, 0.5) is 10.1 Å². The predicted molar refractivity (Wildman–Crippen MR) is 79.8 cm³/mol. The van der Waals surface area contributed by atoms with Crippen LogP contribution in [0.25, 0.3) is 0 Å².